The van der Waals surface area contributed by atoms with Crippen LogP contribution in [0.3, 0.4) is 0 Å². The molecule has 0 fully saturated rings. The standard InChI is InChI=1S/C5H7NO/c1-5(4-6)2-3-7/h3,5H,2H2,1H3/t5-/m0/s1. The van der Waals surface area contributed by atoms with Gasteiger partial charge >= 0.3 is 0 Å². The number of aldehydes is 1. The Balaban J connectivity index is 3.21. The monoisotopic (exact) mass is 97.1 g/mol. The van der Waals surface area contributed by atoms with Crippen molar-refractivity contribution in [3.63, 3.8) is 0 Å². The molecule has 0 aromatic carbocycles. The van der Waals surface area contributed by atoms with Gasteiger partial charge < -0.3 is 4.79 Å². The van der Waals surface area contributed by atoms with E-state index in [1.165, 1.54) is 0 Å². The fourth-order valence-electron chi connectivity index (χ4n) is 0.197. The molecule has 38 valence electrons. The molecule has 0 N–H and O–H groups in total. The van der Waals surface area contributed by atoms with Gasteiger partial charge in [0, 0.05) is 6.42 Å². The van der Waals surface area contributed by atoms with E-state index in [1.807, 2.05) is 6.07 Å². The summed E-state index contributed by atoms with van der Waals surface area (Å²) >= 11 is 0. The molecule has 0 radical (unpaired) electrons. The molecule has 0 spiro atoms. The Hall–Kier alpha value is -0.840. The van der Waals surface area contributed by atoms with Crippen LogP contribution >= 0.6 is 0 Å². The second-order valence-electron chi connectivity index (χ2n) is 1.43. The molecule has 0 heterocycles. The fraction of sp³-hybridized carbons (Fsp3) is 0.600. The van der Waals surface area contributed by atoms with Gasteiger partial charge in [0.2, 0.25) is 0 Å². The van der Waals surface area contributed by atoms with Crippen LogP contribution in [0, 0.1) is 17.2 Å². The summed E-state index contributed by atoms with van der Waals surface area (Å²) in [6.45, 7) is 1.72. The van der Waals surface area contributed by atoms with E-state index >= 15 is 0 Å². The first-order valence-electron chi connectivity index (χ1n) is 2.14. The van der Waals surface area contributed by atoms with E-state index in [2.05, 4.69) is 0 Å². The number of nitrogens with zero attached hydrogens (tertiary/aromatic N) is 1. The largest absolute Gasteiger partial charge is 0.303 e. The number of hydrogen-bond donors (Lipinski definition) is 0. The van der Waals surface area contributed by atoms with Crippen molar-refractivity contribution >= 4 is 6.29 Å². The summed E-state index contributed by atoms with van der Waals surface area (Å²) in [5.74, 6) is -0.113. The van der Waals surface area contributed by atoms with E-state index in [4.69, 9.17) is 5.26 Å². The summed E-state index contributed by atoms with van der Waals surface area (Å²) in [7, 11) is 0. The van der Waals surface area contributed by atoms with Crippen LogP contribution in [0.25, 0.3) is 0 Å². The zero-order valence-corrected chi connectivity index (χ0v) is 4.22. The van der Waals surface area contributed by atoms with Gasteiger partial charge in [0.25, 0.3) is 0 Å². The molecule has 2 heteroatoms. The lowest BCUT2D eigenvalue weighted by atomic mass is 10.1. The van der Waals surface area contributed by atoms with Crippen LogP contribution in [0.4, 0.5) is 0 Å². The molecular weight excluding hydrogens is 90.1 g/mol. The van der Waals surface area contributed by atoms with Crippen LogP contribution < -0.4 is 0 Å². The second-order valence-corrected chi connectivity index (χ2v) is 1.43. The molecule has 0 aromatic rings. The van der Waals surface area contributed by atoms with E-state index in [-0.39, 0.29) is 5.92 Å². The Morgan fingerprint density at radius 3 is 2.71 bits per heavy atom. The van der Waals surface area contributed by atoms with Crippen LogP contribution in [-0.2, 0) is 4.79 Å². The third-order valence-electron chi connectivity index (χ3n) is 0.670. The maximum absolute atomic E-state index is 9.62. The number of carbonyl (C=O) groups excluding carboxylic acids is 1. The molecule has 0 bridgehead atoms. The van der Waals surface area contributed by atoms with Crippen LogP contribution in [0.1, 0.15) is 13.3 Å². The van der Waals surface area contributed by atoms with Gasteiger partial charge in [0.15, 0.2) is 0 Å². The highest BCUT2D eigenvalue weighted by Crippen LogP contribution is 1.93. The van der Waals surface area contributed by atoms with Gasteiger partial charge in [-0.1, -0.05) is 0 Å². The lowest BCUT2D eigenvalue weighted by molar-refractivity contribution is -0.108. The van der Waals surface area contributed by atoms with Gasteiger partial charge in [0.1, 0.15) is 6.29 Å². The summed E-state index contributed by atoms with van der Waals surface area (Å²) < 4.78 is 0. The Morgan fingerprint density at radius 1 is 2.00 bits per heavy atom. The van der Waals surface area contributed by atoms with E-state index < -0.39 is 0 Å². The van der Waals surface area contributed by atoms with Gasteiger partial charge in [-0.25, -0.2) is 0 Å². The van der Waals surface area contributed by atoms with E-state index in [0.29, 0.717) is 6.42 Å². The first kappa shape index (κ1) is 6.16. The van der Waals surface area contributed by atoms with Crippen molar-refractivity contribution in [1.29, 1.82) is 5.26 Å². The summed E-state index contributed by atoms with van der Waals surface area (Å²) in [6.07, 6.45) is 1.12. The zero-order chi connectivity index (χ0) is 5.70. The third-order valence-corrected chi connectivity index (χ3v) is 0.670. The average molecular weight is 97.1 g/mol. The molecule has 0 aliphatic carbocycles. The molecule has 0 aliphatic rings. The molecule has 0 aliphatic heterocycles. The highest BCUT2D eigenvalue weighted by Gasteiger charge is 1.93. The topological polar surface area (TPSA) is 40.9 Å². The first-order valence-corrected chi connectivity index (χ1v) is 2.14. The Morgan fingerprint density at radius 2 is 2.57 bits per heavy atom. The van der Waals surface area contributed by atoms with Crippen LogP contribution in [-0.4, -0.2) is 6.29 Å². The highest BCUT2D eigenvalue weighted by atomic mass is 16.1. The zero-order valence-electron chi connectivity index (χ0n) is 4.22. The van der Waals surface area contributed by atoms with E-state index in [9.17, 15) is 4.79 Å². The minimum Gasteiger partial charge on any atom is -0.303 e. The predicted octanol–water partition coefficient (Wildman–Crippen LogP) is 0.735. The van der Waals surface area contributed by atoms with Gasteiger partial charge in [-0.05, 0) is 6.92 Å². The predicted molar refractivity (Wildman–Crippen MR) is 25.5 cm³/mol. The summed E-state index contributed by atoms with van der Waals surface area (Å²) in [5.41, 5.74) is 0. The van der Waals surface area contributed by atoms with E-state index in [0.717, 1.165) is 6.29 Å². The van der Waals surface area contributed by atoms with Gasteiger partial charge in [-0.2, -0.15) is 5.26 Å². The van der Waals surface area contributed by atoms with Gasteiger partial charge in [-0.3, -0.25) is 0 Å². The third kappa shape index (κ3) is 2.98. The van der Waals surface area contributed by atoms with Crippen LogP contribution in [0.5, 0.6) is 0 Å². The minimum atomic E-state index is -0.113. The van der Waals surface area contributed by atoms with Crippen molar-refractivity contribution in [2.45, 2.75) is 13.3 Å². The number of hydrogen-bond acceptors (Lipinski definition) is 2. The SMILES string of the molecule is C[C@H](C#N)CC=O. The molecule has 1 atom stereocenters. The number of rotatable bonds is 2. The van der Waals surface area contributed by atoms with Crippen molar-refractivity contribution in [2.75, 3.05) is 0 Å². The van der Waals surface area contributed by atoms with Gasteiger partial charge in [0.05, 0.1) is 12.0 Å². The van der Waals surface area contributed by atoms with Crippen molar-refractivity contribution in [3.8, 4) is 6.07 Å². The molecular formula is C5H7NO. The number of nitriles is 1. The highest BCUT2D eigenvalue weighted by molar-refractivity contribution is 5.50. The fourth-order valence-corrected chi connectivity index (χ4v) is 0.197. The Labute approximate surface area is 42.8 Å². The quantitative estimate of drug-likeness (QED) is 0.477. The van der Waals surface area contributed by atoms with E-state index in [1.54, 1.807) is 6.92 Å². The van der Waals surface area contributed by atoms with Crippen molar-refractivity contribution in [2.24, 2.45) is 5.92 Å². The van der Waals surface area contributed by atoms with Crippen molar-refractivity contribution in [3.05, 3.63) is 0 Å². The molecule has 0 amide bonds. The lowest BCUT2D eigenvalue weighted by Gasteiger charge is -1.86. The van der Waals surface area contributed by atoms with Crippen molar-refractivity contribution in [1.82, 2.24) is 0 Å². The average Bonchev–Trinajstić information content (AvgIpc) is 1.68. The summed E-state index contributed by atoms with van der Waals surface area (Å²) in [5, 5.41) is 8.06. The first-order chi connectivity index (χ1) is 3.31. The number of carbonyl (C=O) groups is 1. The van der Waals surface area contributed by atoms with Crippen molar-refractivity contribution < 1.29 is 4.79 Å². The maximum Gasteiger partial charge on any atom is 0.121 e. The Bertz CT molecular complexity index is 92.7. The molecule has 7 heavy (non-hydrogen) atoms. The van der Waals surface area contributed by atoms with Gasteiger partial charge in [-0.15, -0.1) is 0 Å². The summed E-state index contributed by atoms with van der Waals surface area (Å²) in [4.78, 5) is 9.62. The molecule has 0 saturated carbocycles. The molecule has 0 aromatic heterocycles. The normalized spacial score (nSPS) is 12.0. The summed E-state index contributed by atoms with van der Waals surface area (Å²) in [6, 6.07) is 1.93. The minimum absolute atomic E-state index is 0.113. The second kappa shape index (κ2) is 3.35. The molecule has 2 nitrogen and oxygen atoms in total. The van der Waals surface area contributed by atoms with Crippen LogP contribution in [0.15, 0.2) is 0 Å². The Kier molecular flexibility index (Phi) is 2.95. The molecule has 0 unspecified atom stereocenters. The van der Waals surface area contributed by atoms with Crippen LogP contribution in [0.2, 0.25) is 0 Å². The smallest absolute Gasteiger partial charge is 0.121 e. The molecule has 0 rings (SSSR count). The lowest BCUT2D eigenvalue weighted by Crippen LogP contribution is -1.88. The molecule has 0 saturated heterocycles. The maximum atomic E-state index is 9.62.